The van der Waals surface area contributed by atoms with Gasteiger partial charge in [0.05, 0.1) is 22.2 Å². The number of nitrogens with zero attached hydrogens (tertiary/aromatic N) is 4. The topological polar surface area (TPSA) is 117 Å². The van der Waals surface area contributed by atoms with Gasteiger partial charge < -0.3 is 14.5 Å². The molecule has 2 rings (SSSR count). The van der Waals surface area contributed by atoms with E-state index in [1.807, 2.05) is 11.0 Å². The van der Waals surface area contributed by atoms with Crippen LogP contribution in [-0.4, -0.2) is 54.0 Å². The zero-order chi connectivity index (χ0) is 20.2. The van der Waals surface area contributed by atoms with E-state index >= 15 is 0 Å². The van der Waals surface area contributed by atoms with Gasteiger partial charge in [0.1, 0.15) is 5.54 Å². The number of carbonyl (C=O) groups excluding carboxylic acids is 2. The van der Waals surface area contributed by atoms with Crippen LogP contribution in [0.2, 0.25) is 0 Å². The molecule has 0 spiro atoms. The molecule has 9 heteroatoms. The van der Waals surface area contributed by atoms with Crippen LogP contribution in [0.5, 0.6) is 0 Å². The van der Waals surface area contributed by atoms with Gasteiger partial charge in [-0.2, -0.15) is 5.26 Å². The van der Waals surface area contributed by atoms with Crippen molar-refractivity contribution < 1.29 is 19.2 Å². The van der Waals surface area contributed by atoms with Gasteiger partial charge in [-0.15, -0.1) is 0 Å². The minimum absolute atomic E-state index is 0.0566. The molecule has 0 aromatic heterocycles. The van der Waals surface area contributed by atoms with Gasteiger partial charge in [-0.05, 0) is 32.8 Å². The molecule has 0 bridgehead atoms. The predicted molar refractivity (Wildman–Crippen MR) is 97.3 cm³/mol. The Morgan fingerprint density at radius 3 is 2.56 bits per heavy atom. The Labute approximate surface area is 157 Å². The average Bonchev–Trinajstić information content (AvgIpc) is 3.19. The van der Waals surface area contributed by atoms with Crippen LogP contribution >= 0.6 is 0 Å². The van der Waals surface area contributed by atoms with E-state index in [1.165, 1.54) is 30.1 Å². The first kappa shape index (κ1) is 20.2. The maximum atomic E-state index is 12.5. The van der Waals surface area contributed by atoms with Crippen molar-refractivity contribution in [3.8, 4) is 6.07 Å². The number of nitro benzene ring substituents is 1. The second kappa shape index (κ2) is 8.03. The molecule has 1 aliphatic heterocycles. The second-order valence-electron chi connectivity index (χ2n) is 6.85. The van der Waals surface area contributed by atoms with E-state index in [4.69, 9.17) is 10.00 Å². The number of likely N-dealkylation sites (N-methyl/N-ethyl adjacent to an activating group) is 1. The average molecular weight is 374 g/mol. The lowest BCUT2D eigenvalue weighted by molar-refractivity contribution is -0.384. The summed E-state index contributed by atoms with van der Waals surface area (Å²) >= 11 is 0. The van der Waals surface area contributed by atoms with E-state index in [2.05, 4.69) is 0 Å². The Morgan fingerprint density at radius 1 is 1.37 bits per heavy atom. The molecule has 0 N–H and O–H groups in total. The first-order valence-electron chi connectivity index (χ1n) is 8.56. The van der Waals surface area contributed by atoms with Gasteiger partial charge in [0.2, 0.25) is 0 Å². The van der Waals surface area contributed by atoms with Gasteiger partial charge in [-0.25, -0.2) is 4.79 Å². The molecule has 1 aliphatic rings. The van der Waals surface area contributed by atoms with Crippen molar-refractivity contribution in [1.82, 2.24) is 4.90 Å². The van der Waals surface area contributed by atoms with Gasteiger partial charge in [-0.1, -0.05) is 0 Å². The highest BCUT2D eigenvalue weighted by Crippen LogP contribution is 2.29. The summed E-state index contributed by atoms with van der Waals surface area (Å²) in [6, 6.07) is 6.04. The third kappa shape index (κ3) is 4.53. The molecule has 1 aromatic carbocycles. The zero-order valence-corrected chi connectivity index (χ0v) is 15.6. The van der Waals surface area contributed by atoms with Crippen molar-refractivity contribution in [3.05, 3.63) is 33.9 Å². The number of amides is 1. The van der Waals surface area contributed by atoms with Crippen LogP contribution in [0.25, 0.3) is 0 Å². The Hall–Kier alpha value is -3.15. The molecule has 144 valence electrons. The van der Waals surface area contributed by atoms with Crippen LogP contribution < -0.4 is 4.90 Å². The maximum absolute atomic E-state index is 12.5. The first-order chi connectivity index (χ1) is 12.7. The molecule has 1 saturated heterocycles. The monoisotopic (exact) mass is 374 g/mol. The molecule has 0 aliphatic carbocycles. The zero-order valence-electron chi connectivity index (χ0n) is 15.6. The summed E-state index contributed by atoms with van der Waals surface area (Å²) in [4.78, 5) is 38.3. The highest BCUT2D eigenvalue weighted by atomic mass is 16.6. The summed E-state index contributed by atoms with van der Waals surface area (Å²) in [5, 5.41) is 20.1. The molecule has 0 atom stereocenters. The van der Waals surface area contributed by atoms with Crippen molar-refractivity contribution in [3.63, 3.8) is 0 Å². The lowest BCUT2D eigenvalue weighted by Crippen LogP contribution is -2.45. The number of anilines is 1. The smallest absolute Gasteiger partial charge is 0.341 e. The second-order valence-corrected chi connectivity index (χ2v) is 6.85. The lowest BCUT2D eigenvalue weighted by Gasteiger charge is -2.28. The van der Waals surface area contributed by atoms with Gasteiger partial charge in [0.15, 0.2) is 6.61 Å². The Bertz CT molecular complexity index is 793. The van der Waals surface area contributed by atoms with Crippen molar-refractivity contribution in [2.24, 2.45) is 0 Å². The largest absolute Gasteiger partial charge is 0.452 e. The number of rotatable bonds is 6. The molecule has 1 amide bonds. The van der Waals surface area contributed by atoms with Crippen LogP contribution in [0.1, 0.15) is 37.0 Å². The number of esters is 1. The SMILES string of the molecule is CN(C(=O)COC(=O)c1cc([N+](=O)[O-])ccc1N1CCCC1)C(C)(C)C#N. The number of non-ortho nitro benzene ring substituents is 1. The Balaban J connectivity index is 2.19. The minimum atomic E-state index is -1.05. The predicted octanol–water partition coefficient (Wildman–Crippen LogP) is 2.11. The summed E-state index contributed by atoms with van der Waals surface area (Å²) in [7, 11) is 1.45. The Kier molecular flexibility index (Phi) is 6.00. The van der Waals surface area contributed by atoms with Crippen LogP contribution in [-0.2, 0) is 9.53 Å². The van der Waals surface area contributed by atoms with E-state index in [0.29, 0.717) is 5.69 Å². The molecule has 0 unspecified atom stereocenters. The summed E-state index contributed by atoms with van der Waals surface area (Å²) in [6.45, 7) is 4.08. The molecule has 0 saturated carbocycles. The minimum Gasteiger partial charge on any atom is -0.452 e. The molecule has 27 heavy (non-hydrogen) atoms. The fraction of sp³-hybridized carbons (Fsp3) is 0.500. The van der Waals surface area contributed by atoms with Gasteiger partial charge in [0.25, 0.3) is 11.6 Å². The molecular weight excluding hydrogens is 352 g/mol. The van der Waals surface area contributed by atoms with E-state index < -0.39 is 28.9 Å². The number of nitriles is 1. The number of benzene rings is 1. The highest BCUT2D eigenvalue weighted by molar-refractivity contribution is 5.98. The fourth-order valence-corrected chi connectivity index (χ4v) is 2.72. The molecule has 0 radical (unpaired) electrons. The molecular formula is C18H22N4O5. The summed E-state index contributed by atoms with van der Waals surface area (Å²) < 4.78 is 5.10. The number of carbonyl (C=O) groups is 2. The normalized spacial score (nSPS) is 13.8. The number of hydrogen-bond acceptors (Lipinski definition) is 7. The molecule has 1 heterocycles. The first-order valence-corrected chi connectivity index (χ1v) is 8.56. The number of ether oxygens (including phenoxy) is 1. The third-order valence-electron chi connectivity index (χ3n) is 4.67. The van der Waals surface area contributed by atoms with Gasteiger partial charge in [-0.3, -0.25) is 14.9 Å². The van der Waals surface area contributed by atoms with Crippen molar-refractivity contribution in [2.75, 3.05) is 31.6 Å². The highest BCUT2D eigenvalue weighted by Gasteiger charge is 2.29. The molecule has 9 nitrogen and oxygen atoms in total. The quantitative estimate of drug-likeness (QED) is 0.425. The standard InChI is InChI=1S/C18H22N4O5/c1-18(2,12-19)20(3)16(23)11-27-17(24)14-10-13(22(25)26)6-7-15(14)21-8-4-5-9-21/h6-7,10H,4-5,8-9,11H2,1-3H3. The number of nitro groups is 1. The van der Waals surface area contributed by atoms with E-state index in [-0.39, 0.29) is 11.3 Å². The van der Waals surface area contributed by atoms with Crippen molar-refractivity contribution in [2.45, 2.75) is 32.2 Å². The summed E-state index contributed by atoms with van der Waals surface area (Å²) in [5.74, 6) is -1.35. The van der Waals surface area contributed by atoms with Crippen LogP contribution in [0.3, 0.4) is 0 Å². The van der Waals surface area contributed by atoms with Gasteiger partial charge in [0, 0.05) is 32.3 Å². The van der Waals surface area contributed by atoms with Crippen LogP contribution in [0.4, 0.5) is 11.4 Å². The van der Waals surface area contributed by atoms with Crippen molar-refractivity contribution >= 4 is 23.3 Å². The van der Waals surface area contributed by atoms with E-state index in [9.17, 15) is 19.7 Å². The molecule has 1 fully saturated rings. The van der Waals surface area contributed by atoms with Gasteiger partial charge >= 0.3 is 5.97 Å². The fourth-order valence-electron chi connectivity index (χ4n) is 2.72. The summed E-state index contributed by atoms with van der Waals surface area (Å²) in [6.07, 6.45) is 1.94. The van der Waals surface area contributed by atoms with E-state index in [0.717, 1.165) is 25.9 Å². The van der Waals surface area contributed by atoms with Crippen LogP contribution in [0.15, 0.2) is 18.2 Å². The van der Waals surface area contributed by atoms with Crippen LogP contribution in [0, 0.1) is 21.4 Å². The van der Waals surface area contributed by atoms with E-state index in [1.54, 1.807) is 13.8 Å². The Morgan fingerprint density at radius 2 is 2.00 bits per heavy atom. The summed E-state index contributed by atoms with van der Waals surface area (Å²) in [5.41, 5.74) is -0.656. The maximum Gasteiger partial charge on any atom is 0.341 e. The number of hydrogen-bond donors (Lipinski definition) is 0. The molecule has 1 aromatic rings. The third-order valence-corrected chi connectivity index (χ3v) is 4.67. The van der Waals surface area contributed by atoms with Crippen molar-refractivity contribution in [1.29, 1.82) is 5.26 Å². The lowest BCUT2D eigenvalue weighted by atomic mass is 10.1.